The number of halogens is 7. The summed E-state index contributed by atoms with van der Waals surface area (Å²) >= 11 is 3.28. The lowest BCUT2D eigenvalue weighted by Gasteiger charge is -2.16. The van der Waals surface area contributed by atoms with Gasteiger partial charge in [0.25, 0.3) is 0 Å². The number of nitrogens with zero attached hydrogens (tertiary/aromatic N) is 1. The zero-order valence-electron chi connectivity index (χ0n) is 14.2. The molecule has 154 valence electrons. The summed E-state index contributed by atoms with van der Waals surface area (Å²) in [6.45, 7) is 0.0979. The lowest BCUT2D eigenvalue weighted by atomic mass is 10.1. The van der Waals surface area contributed by atoms with Crippen molar-refractivity contribution in [2.75, 3.05) is 13.2 Å². The number of alkyl halides is 6. The molecule has 2 rings (SSSR count). The van der Waals surface area contributed by atoms with Gasteiger partial charge >= 0.3 is 12.4 Å². The minimum atomic E-state index is -5.25. The number of nitrogens with one attached hydrogen (secondary N) is 1. The number of aromatic nitrogens is 1. The molecule has 0 aliphatic carbocycles. The van der Waals surface area contributed by atoms with Crippen LogP contribution >= 0.6 is 15.9 Å². The zero-order valence-corrected chi connectivity index (χ0v) is 15.7. The van der Waals surface area contributed by atoms with E-state index in [1.54, 1.807) is 18.2 Å². The minimum absolute atomic E-state index is 0.0834. The van der Waals surface area contributed by atoms with Crippen molar-refractivity contribution in [1.82, 2.24) is 10.3 Å². The van der Waals surface area contributed by atoms with Crippen molar-refractivity contribution in [1.29, 1.82) is 0 Å². The van der Waals surface area contributed by atoms with Crippen LogP contribution in [0, 0.1) is 0 Å². The predicted molar refractivity (Wildman–Crippen MR) is 91.5 cm³/mol. The molecule has 2 aromatic rings. The highest BCUT2D eigenvalue weighted by Gasteiger charge is 2.44. The van der Waals surface area contributed by atoms with E-state index < -0.39 is 30.2 Å². The van der Waals surface area contributed by atoms with E-state index in [-0.39, 0.29) is 12.3 Å². The number of pyridine rings is 1. The molecule has 11 heteroatoms. The molecule has 0 atom stereocenters. The SMILES string of the molecule is OCCNCc1cc(Br)ccc1OCc1ccc(C(F)(F)F)c(C(F)(F)F)n1. The Hall–Kier alpha value is -1.85. The molecule has 0 aliphatic rings. The fourth-order valence-corrected chi connectivity index (χ4v) is 2.71. The molecular weight excluding hydrogens is 458 g/mol. The van der Waals surface area contributed by atoms with Gasteiger partial charge in [-0.15, -0.1) is 0 Å². The van der Waals surface area contributed by atoms with Crippen LogP contribution in [0.15, 0.2) is 34.8 Å². The van der Waals surface area contributed by atoms with E-state index in [2.05, 4.69) is 26.2 Å². The van der Waals surface area contributed by atoms with Gasteiger partial charge in [0.2, 0.25) is 0 Å². The van der Waals surface area contributed by atoms with Crippen LogP contribution in [0.4, 0.5) is 26.3 Å². The Bertz CT molecular complexity index is 811. The molecule has 0 saturated heterocycles. The van der Waals surface area contributed by atoms with E-state index in [1.165, 1.54) is 0 Å². The Balaban J connectivity index is 2.23. The number of hydrogen-bond acceptors (Lipinski definition) is 4. The molecule has 0 bridgehead atoms. The van der Waals surface area contributed by atoms with Gasteiger partial charge in [-0.1, -0.05) is 15.9 Å². The first kappa shape index (κ1) is 22.4. The van der Waals surface area contributed by atoms with Crippen LogP contribution in [-0.4, -0.2) is 23.2 Å². The van der Waals surface area contributed by atoms with E-state index in [9.17, 15) is 26.3 Å². The Morgan fingerprint density at radius 1 is 1.04 bits per heavy atom. The van der Waals surface area contributed by atoms with Crippen molar-refractivity contribution in [3.05, 3.63) is 57.3 Å². The van der Waals surface area contributed by atoms with Crippen LogP contribution in [-0.2, 0) is 25.5 Å². The summed E-state index contributed by atoms with van der Waals surface area (Å²) in [6.07, 6.45) is -10.4. The van der Waals surface area contributed by atoms with Gasteiger partial charge < -0.3 is 15.2 Å². The van der Waals surface area contributed by atoms with E-state index in [0.717, 1.165) is 10.5 Å². The van der Waals surface area contributed by atoms with Crippen molar-refractivity contribution < 1.29 is 36.2 Å². The second-order valence-electron chi connectivity index (χ2n) is 5.64. The van der Waals surface area contributed by atoms with Crippen LogP contribution in [0.2, 0.25) is 0 Å². The van der Waals surface area contributed by atoms with Crippen molar-refractivity contribution >= 4 is 15.9 Å². The highest BCUT2D eigenvalue weighted by Crippen LogP contribution is 2.39. The fraction of sp³-hybridized carbons (Fsp3) is 0.353. The molecule has 1 aromatic carbocycles. The van der Waals surface area contributed by atoms with Crippen molar-refractivity contribution in [3.8, 4) is 5.75 Å². The first-order valence-corrected chi connectivity index (χ1v) is 8.69. The van der Waals surface area contributed by atoms with Crippen LogP contribution < -0.4 is 10.1 Å². The van der Waals surface area contributed by atoms with E-state index in [0.29, 0.717) is 30.5 Å². The molecule has 0 amide bonds. The van der Waals surface area contributed by atoms with Crippen LogP contribution in [0.3, 0.4) is 0 Å². The first-order valence-electron chi connectivity index (χ1n) is 7.89. The number of ether oxygens (including phenoxy) is 1. The van der Waals surface area contributed by atoms with Gasteiger partial charge in [0.1, 0.15) is 12.4 Å². The Kier molecular flexibility index (Phi) is 7.29. The van der Waals surface area contributed by atoms with Crippen molar-refractivity contribution in [2.45, 2.75) is 25.5 Å². The third-order valence-electron chi connectivity index (χ3n) is 3.53. The minimum Gasteiger partial charge on any atom is -0.487 e. The van der Waals surface area contributed by atoms with Gasteiger partial charge in [0.15, 0.2) is 5.69 Å². The van der Waals surface area contributed by atoms with Gasteiger partial charge in [-0.05, 0) is 30.3 Å². The van der Waals surface area contributed by atoms with Crippen molar-refractivity contribution in [2.24, 2.45) is 0 Å². The molecule has 0 aliphatic heterocycles. The van der Waals surface area contributed by atoms with Crippen LogP contribution in [0.1, 0.15) is 22.5 Å². The van der Waals surface area contributed by atoms with Crippen LogP contribution in [0.25, 0.3) is 0 Å². The molecule has 1 aromatic heterocycles. The van der Waals surface area contributed by atoms with Gasteiger partial charge in [-0.25, -0.2) is 4.98 Å². The largest absolute Gasteiger partial charge is 0.487 e. The third kappa shape index (κ3) is 6.08. The summed E-state index contributed by atoms with van der Waals surface area (Å²) in [6, 6.07) is 6.11. The maximum Gasteiger partial charge on any atom is 0.433 e. The lowest BCUT2D eigenvalue weighted by Crippen LogP contribution is -2.20. The molecule has 0 saturated carbocycles. The summed E-state index contributed by atoms with van der Waals surface area (Å²) < 4.78 is 83.5. The lowest BCUT2D eigenvalue weighted by molar-refractivity contribution is -0.164. The topological polar surface area (TPSA) is 54.4 Å². The smallest absolute Gasteiger partial charge is 0.433 e. The maximum absolute atomic E-state index is 13.0. The first-order chi connectivity index (χ1) is 13.0. The fourth-order valence-electron chi connectivity index (χ4n) is 2.31. The predicted octanol–water partition coefficient (Wildman–Crippen LogP) is 4.54. The van der Waals surface area contributed by atoms with Crippen molar-refractivity contribution in [3.63, 3.8) is 0 Å². The summed E-state index contributed by atoms with van der Waals surface area (Å²) in [5.74, 6) is 0.323. The molecule has 0 unspecified atom stereocenters. The average Bonchev–Trinajstić information content (AvgIpc) is 2.59. The summed E-state index contributed by atoms with van der Waals surface area (Å²) in [5, 5.41) is 11.7. The number of aliphatic hydroxyl groups is 1. The monoisotopic (exact) mass is 472 g/mol. The summed E-state index contributed by atoms with van der Waals surface area (Å²) in [4.78, 5) is 3.12. The molecule has 0 fully saturated rings. The molecule has 1 heterocycles. The Morgan fingerprint density at radius 2 is 1.75 bits per heavy atom. The summed E-state index contributed by atoms with van der Waals surface area (Å²) in [7, 11) is 0. The highest BCUT2D eigenvalue weighted by molar-refractivity contribution is 9.10. The molecule has 0 radical (unpaired) electrons. The molecule has 2 N–H and O–H groups in total. The van der Waals surface area contributed by atoms with E-state index >= 15 is 0 Å². The molecular formula is C17H15BrF6N2O2. The third-order valence-corrected chi connectivity index (χ3v) is 4.02. The zero-order chi connectivity index (χ0) is 20.9. The number of aliphatic hydroxyl groups excluding tert-OH is 1. The maximum atomic E-state index is 13.0. The standard InChI is InChI=1S/C17H15BrF6N2O2/c18-11-1-4-14(10(7-11)8-25-5-6-27)28-9-12-2-3-13(16(19,20)21)15(26-12)17(22,23)24/h1-4,7,25,27H,5-6,8-9H2. The normalized spacial score (nSPS) is 12.3. The number of hydrogen-bond donors (Lipinski definition) is 2. The van der Waals surface area contributed by atoms with Gasteiger partial charge in [0, 0.05) is 23.1 Å². The number of rotatable bonds is 7. The molecule has 4 nitrogen and oxygen atoms in total. The Morgan fingerprint density at radius 3 is 2.36 bits per heavy atom. The van der Waals surface area contributed by atoms with Gasteiger partial charge in [-0.3, -0.25) is 0 Å². The van der Waals surface area contributed by atoms with E-state index in [1.807, 2.05) is 0 Å². The van der Waals surface area contributed by atoms with E-state index in [4.69, 9.17) is 9.84 Å². The quantitative estimate of drug-likeness (QED) is 0.458. The Labute approximate surface area is 164 Å². The molecule has 28 heavy (non-hydrogen) atoms. The van der Waals surface area contributed by atoms with Crippen LogP contribution in [0.5, 0.6) is 5.75 Å². The highest BCUT2D eigenvalue weighted by atomic mass is 79.9. The second-order valence-corrected chi connectivity index (χ2v) is 6.55. The average molecular weight is 473 g/mol. The number of benzene rings is 1. The second kappa shape index (κ2) is 9.10. The summed E-state index contributed by atoms with van der Waals surface area (Å²) in [5.41, 5.74) is -3.49. The van der Waals surface area contributed by atoms with Gasteiger partial charge in [-0.2, -0.15) is 26.3 Å². The molecule has 0 spiro atoms. The van der Waals surface area contributed by atoms with Gasteiger partial charge in [0.05, 0.1) is 17.9 Å².